The normalized spacial score (nSPS) is 10.8. The van der Waals surface area contributed by atoms with Gasteiger partial charge in [0, 0.05) is 21.6 Å². The molecule has 0 bridgehead atoms. The van der Waals surface area contributed by atoms with Crippen molar-refractivity contribution in [1.82, 2.24) is 4.98 Å². The maximum atomic E-state index is 12.6. The summed E-state index contributed by atoms with van der Waals surface area (Å²) in [7, 11) is 0. The smallest absolute Gasteiger partial charge is 0.205 e. The van der Waals surface area contributed by atoms with Gasteiger partial charge in [0.2, 0.25) is 5.78 Å². The average Bonchev–Trinajstić information content (AvgIpc) is 2.77. The first-order chi connectivity index (χ1) is 9.16. The van der Waals surface area contributed by atoms with Crippen LogP contribution in [0.2, 0.25) is 0 Å². The third-order valence-electron chi connectivity index (χ3n) is 2.75. The molecule has 3 rings (SSSR count). The van der Waals surface area contributed by atoms with E-state index in [1.165, 1.54) is 11.3 Å². The van der Waals surface area contributed by atoms with Crippen molar-refractivity contribution in [3.05, 3.63) is 61.3 Å². The summed E-state index contributed by atoms with van der Waals surface area (Å²) in [5.41, 5.74) is 1.38. The van der Waals surface area contributed by atoms with E-state index >= 15 is 0 Å². The summed E-state index contributed by atoms with van der Waals surface area (Å²) in [5, 5.41) is 0.975. The molecule has 5 heteroatoms. The van der Waals surface area contributed by atoms with Crippen molar-refractivity contribution in [2.24, 2.45) is 0 Å². The SMILES string of the molecule is O=C(c1cc(Br)c(Br)s1)c1cccc2cccnc12. The molecule has 2 aromatic heterocycles. The lowest BCUT2D eigenvalue weighted by molar-refractivity contribution is 0.104. The van der Waals surface area contributed by atoms with E-state index in [0.29, 0.717) is 10.4 Å². The number of hydrogen-bond acceptors (Lipinski definition) is 3. The number of carbonyl (C=O) groups is 1. The molecule has 0 spiro atoms. The quantitative estimate of drug-likeness (QED) is 0.567. The van der Waals surface area contributed by atoms with E-state index in [-0.39, 0.29) is 5.78 Å². The highest BCUT2D eigenvalue weighted by molar-refractivity contribution is 9.13. The molecular formula is C14H7Br2NOS. The fourth-order valence-electron chi connectivity index (χ4n) is 1.88. The van der Waals surface area contributed by atoms with E-state index in [0.717, 1.165) is 19.2 Å². The monoisotopic (exact) mass is 395 g/mol. The topological polar surface area (TPSA) is 30.0 Å². The maximum absolute atomic E-state index is 12.6. The minimum atomic E-state index is 0.000648. The molecule has 0 aliphatic rings. The molecule has 0 saturated heterocycles. The fourth-order valence-corrected chi connectivity index (χ4v) is 3.87. The van der Waals surface area contributed by atoms with Crippen LogP contribution in [-0.2, 0) is 0 Å². The number of hydrogen-bond donors (Lipinski definition) is 0. The van der Waals surface area contributed by atoms with Crippen LogP contribution in [0.3, 0.4) is 0 Å². The van der Waals surface area contributed by atoms with E-state index in [1.54, 1.807) is 6.20 Å². The van der Waals surface area contributed by atoms with E-state index in [1.807, 2.05) is 36.4 Å². The van der Waals surface area contributed by atoms with Crippen LogP contribution < -0.4 is 0 Å². The molecular weight excluding hydrogens is 390 g/mol. The Balaban J connectivity index is 2.16. The van der Waals surface area contributed by atoms with Crippen molar-refractivity contribution >= 4 is 59.9 Å². The van der Waals surface area contributed by atoms with Crippen LogP contribution in [0, 0.1) is 0 Å². The van der Waals surface area contributed by atoms with Gasteiger partial charge in [-0.15, -0.1) is 11.3 Å². The van der Waals surface area contributed by atoms with Crippen LogP contribution in [0.25, 0.3) is 10.9 Å². The van der Waals surface area contributed by atoms with Gasteiger partial charge in [-0.1, -0.05) is 18.2 Å². The average molecular weight is 397 g/mol. The Bertz CT molecular complexity index is 757. The van der Waals surface area contributed by atoms with E-state index in [2.05, 4.69) is 36.8 Å². The second-order valence-electron chi connectivity index (χ2n) is 3.94. The van der Waals surface area contributed by atoms with Gasteiger partial charge in [0.05, 0.1) is 14.2 Å². The summed E-state index contributed by atoms with van der Waals surface area (Å²) in [4.78, 5) is 17.6. The van der Waals surface area contributed by atoms with Crippen molar-refractivity contribution in [1.29, 1.82) is 0 Å². The van der Waals surface area contributed by atoms with Gasteiger partial charge in [-0.25, -0.2) is 0 Å². The van der Waals surface area contributed by atoms with Crippen molar-refractivity contribution in [3.8, 4) is 0 Å². The van der Waals surface area contributed by atoms with Crippen LogP contribution in [0.15, 0.2) is 50.9 Å². The van der Waals surface area contributed by atoms with Crippen LogP contribution in [-0.4, -0.2) is 10.8 Å². The highest BCUT2D eigenvalue weighted by Gasteiger charge is 2.16. The van der Waals surface area contributed by atoms with Gasteiger partial charge in [0.1, 0.15) is 0 Å². The van der Waals surface area contributed by atoms with Crippen molar-refractivity contribution < 1.29 is 4.79 Å². The zero-order valence-electron chi connectivity index (χ0n) is 9.56. The molecule has 19 heavy (non-hydrogen) atoms. The minimum Gasteiger partial charge on any atom is -0.288 e. The molecule has 0 N–H and O–H groups in total. The minimum absolute atomic E-state index is 0.000648. The summed E-state index contributed by atoms with van der Waals surface area (Å²) in [5.74, 6) is 0.000648. The number of ketones is 1. The third kappa shape index (κ3) is 2.38. The molecule has 3 aromatic rings. The Hall–Kier alpha value is -1.04. The van der Waals surface area contributed by atoms with E-state index in [9.17, 15) is 4.79 Å². The number of halogens is 2. The zero-order chi connectivity index (χ0) is 13.4. The van der Waals surface area contributed by atoms with Crippen molar-refractivity contribution in [3.63, 3.8) is 0 Å². The second-order valence-corrected chi connectivity index (χ2v) is 7.17. The Kier molecular flexibility index (Phi) is 3.52. The number of benzene rings is 1. The predicted octanol–water partition coefficient (Wildman–Crippen LogP) is 5.05. The van der Waals surface area contributed by atoms with Gasteiger partial charge < -0.3 is 0 Å². The first-order valence-electron chi connectivity index (χ1n) is 5.50. The molecule has 0 aliphatic carbocycles. The highest BCUT2D eigenvalue weighted by Crippen LogP contribution is 2.34. The van der Waals surface area contributed by atoms with Gasteiger partial charge in [-0.05, 0) is 50.1 Å². The van der Waals surface area contributed by atoms with Crippen LogP contribution in [0.4, 0.5) is 0 Å². The van der Waals surface area contributed by atoms with Gasteiger partial charge in [-0.2, -0.15) is 0 Å². The lowest BCUT2D eigenvalue weighted by Gasteiger charge is -2.02. The largest absolute Gasteiger partial charge is 0.288 e. The Morgan fingerprint density at radius 2 is 1.95 bits per heavy atom. The number of nitrogens with zero attached hydrogens (tertiary/aromatic N) is 1. The molecule has 0 amide bonds. The number of carbonyl (C=O) groups excluding carboxylic acids is 1. The molecule has 0 unspecified atom stereocenters. The lowest BCUT2D eigenvalue weighted by atomic mass is 10.1. The number of thiophene rings is 1. The predicted molar refractivity (Wildman–Crippen MR) is 84.9 cm³/mol. The summed E-state index contributed by atoms with van der Waals surface area (Å²) >= 11 is 8.23. The van der Waals surface area contributed by atoms with E-state index < -0.39 is 0 Å². The van der Waals surface area contributed by atoms with Crippen LogP contribution in [0.1, 0.15) is 15.2 Å². The standard InChI is InChI=1S/C14H7Br2NOS/c15-10-7-11(19-14(10)16)13(18)9-5-1-3-8-4-2-6-17-12(8)9/h1-7H. The summed E-state index contributed by atoms with van der Waals surface area (Å²) in [6.07, 6.45) is 1.71. The molecule has 0 aliphatic heterocycles. The molecule has 2 nitrogen and oxygen atoms in total. The number of para-hydroxylation sites is 1. The summed E-state index contributed by atoms with van der Waals surface area (Å²) in [6, 6.07) is 11.3. The van der Waals surface area contributed by atoms with Crippen LogP contribution >= 0.6 is 43.2 Å². The molecule has 1 aromatic carbocycles. The Morgan fingerprint density at radius 3 is 2.68 bits per heavy atom. The van der Waals surface area contributed by atoms with Gasteiger partial charge in [0.25, 0.3) is 0 Å². The number of rotatable bonds is 2. The lowest BCUT2D eigenvalue weighted by Crippen LogP contribution is -2.00. The van der Waals surface area contributed by atoms with Gasteiger partial charge in [-0.3, -0.25) is 9.78 Å². The summed E-state index contributed by atoms with van der Waals surface area (Å²) < 4.78 is 1.82. The Morgan fingerprint density at radius 1 is 1.16 bits per heavy atom. The fraction of sp³-hybridized carbons (Fsp3) is 0. The molecule has 0 atom stereocenters. The molecule has 94 valence electrons. The highest BCUT2D eigenvalue weighted by atomic mass is 79.9. The zero-order valence-corrected chi connectivity index (χ0v) is 13.5. The number of pyridine rings is 1. The van der Waals surface area contributed by atoms with Crippen molar-refractivity contribution in [2.45, 2.75) is 0 Å². The third-order valence-corrected chi connectivity index (χ3v) is 6.00. The second kappa shape index (κ2) is 5.15. The number of fused-ring (bicyclic) bond motifs is 1. The van der Waals surface area contributed by atoms with Gasteiger partial charge >= 0.3 is 0 Å². The molecule has 2 heterocycles. The van der Waals surface area contributed by atoms with Crippen LogP contribution in [0.5, 0.6) is 0 Å². The maximum Gasteiger partial charge on any atom is 0.205 e. The first kappa shape index (κ1) is 13.0. The molecule has 0 fully saturated rings. The molecule has 0 saturated carbocycles. The van der Waals surface area contributed by atoms with Crippen molar-refractivity contribution in [2.75, 3.05) is 0 Å². The first-order valence-corrected chi connectivity index (χ1v) is 7.90. The summed E-state index contributed by atoms with van der Waals surface area (Å²) in [6.45, 7) is 0. The number of aromatic nitrogens is 1. The Labute approximate surface area is 130 Å². The molecule has 0 radical (unpaired) electrons. The van der Waals surface area contributed by atoms with E-state index in [4.69, 9.17) is 0 Å². The van der Waals surface area contributed by atoms with Gasteiger partial charge in [0.15, 0.2) is 0 Å².